The quantitative estimate of drug-likeness (QED) is 0.859. The molecule has 0 saturated heterocycles. The number of hydrogen-bond acceptors (Lipinski definition) is 5. The van der Waals surface area contributed by atoms with Crippen molar-refractivity contribution < 1.29 is 14.3 Å². The first-order valence-corrected chi connectivity index (χ1v) is 6.05. The smallest absolute Gasteiger partial charge is 0.338 e. The van der Waals surface area contributed by atoms with E-state index in [0.717, 1.165) is 0 Å². The molecule has 20 heavy (non-hydrogen) atoms. The third kappa shape index (κ3) is 3.38. The molecule has 2 aromatic rings. The number of anilines is 1. The van der Waals surface area contributed by atoms with E-state index in [2.05, 4.69) is 15.3 Å². The molecule has 0 radical (unpaired) electrons. The van der Waals surface area contributed by atoms with Crippen LogP contribution in [0.3, 0.4) is 0 Å². The highest BCUT2D eigenvalue weighted by molar-refractivity contribution is 6.04. The normalized spacial score (nSPS) is 9.85. The van der Waals surface area contributed by atoms with E-state index in [1.807, 2.05) is 0 Å². The van der Waals surface area contributed by atoms with Gasteiger partial charge in [0.1, 0.15) is 5.82 Å². The molecule has 6 nitrogen and oxygen atoms in total. The lowest BCUT2D eigenvalue weighted by Crippen LogP contribution is -2.14. The standard InChI is InChI=1S/C14H13N3O3/c1-2-20-14(19)10-5-7-16-12(8-10)17-13(18)11-4-3-6-15-9-11/h3-9H,2H2,1H3,(H,16,17,18). The molecule has 0 aliphatic carbocycles. The molecule has 0 unspecified atom stereocenters. The maximum Gasteiger partial charge on any atom is 0.338 e. The lowest BCUT2D eigenvalue weighted by molar-refractivity contribution is 0.0526. The number of nitrogens with zero attached hydrogens (tertiary/aromatic N) is 2. The second kappa shape index (κ2) is 6.42. The molecule has 2 rings (SSSR count). The molecule has 0 bridgehead atoms. The highest BCUT2D eigenvalue weighted by atomic mass is 16.5. The van der Waals surface area contributed by atoms with E-state index in [1.165, 1.54) is 24.5 Å². The van der Waals surface area contributed by atoms with Crippen molar-refractivity contribution in [1.82, 2.24) is 9.97 Å². The molecule has 1 amide bonds. The van der Waals surface area contributed by atoms with Crippen molar-refractivity contribution in [3.8, 4) is 0 Å². The number of carbonyl (C=O) groups excluding carboxylic acids is 2. The number of hydrogen-bond donors (Lipinski definition) is 1. The SMILES string of the molecule is CCOC(=O)c1ccnc(NC(=O)c2cccnc2)c1. The first-order chi connectivity index (χ1) is 9.70. The zero-order chi connectivity index (χ0) is 14.4. The van der Waals surface area contributed by atoms with Crippen LogP contribution in [-0.4, -0.2) is 28.5 Å². The maximum atomic E-state index is 11.9. The van der Waals surface area contributed by atoms with E-state index in [-0.39, 0.29) is 11.7 Å². The molecule has 0 saturated carbocycles. The first kappa shape index (κ1) is 13.7. The van der Waals surface area contributed by atoms with Crippen LogP contribution in [-0.2, 0) is 4.74 Å². The van der Waals surface area contributed by atoms with Crippen molar-refractivity contribution >= 4 is 17.7 Å². The molecule has 2 heterocycles. The summed E-state index contributed by atoms with van der Waals surface area (Å²) in [6.45, 7) is 2.02. The molecule has 6 heteroatoms. The highest BCUT2D eigenvalue weighted by Gasteiger charge is 2.10. The van der Waals surface area contributed by atoms with Crippen LogP contribution in [0.15, 0.2) is 42.9 Å². The number of carbonyl (C=O) groups is 2. The minimum absolute atomic E-state index is 0.282. The number of rotatable bonds is 4. The van der Waals surface area contributed by atoms with Crippen LogP contribution in [0.4, 0.5) is 5.82 Å². The van der Waals surface area contributed by atoms with Gasteiger partial charge in [-0.15, -0.1) is 0 Å². The van der Waals surface area contributed by atoms with Crippen LogP contribution in [0.1, 0.15) is 27.6 Å². The molecular formula is C14H13N3O3. The number of esters is 1. The second-order valence-corrected chi connectivity index (χ2v) is 3.85. The molecule has 0 aromatic carbocycles. The van der Waals surface area contributed by atoms with Gasteiger partial charge in [0, 0.05) is 18.6 Å². The summed E-state index contributed by atoms with van der Waals surface area (Å²) in [6, 6.07) is 6.29. The van der Waals surface area contributed by atoms with Crippen molar-refractivity contribution in [2.24, 2.45) is 0 Å². The fraction of sp³-hybridized carbons (Fsp3) is 0.143. The predicted octanol–water partition coefficient (Wildman–Crippen LogP) is 1.91. The average molecular weight is 271 g/mol. The number of aromatic nitrogens is 2. The van der Waals surface area contributed by atoms with Crippen LogP contribution in [0, 0.1) is 0 Å². The van der Waals surface area contributed by atoms with Crippen molar-refractivity contribution in [3.63, 3.8) is 0 Å². The first-order valence-electron chi connectivity index (χ1n) is 6.05. The van der Waals surface area contributed by atoms with Gasteiger partial charge >= 0.3 is 5.97 Å². The van der Waals surface area contributed by atoms with Gasteiger partial charge in [0.25, 0.3) is 5.91 Å². The predicted molar refractivity (Wildman–Crippen MR) is 72.4 cm³/mol. The molecule has 2 aromatic heterocycles. The van der Waals surface area contributed by atoms with Gasteiger partial charge in [-0.25, -0.2) is 9.78 Å². The van der Waals surface area contributed by atoms with Crippen molar-refractivity contribution in [3.05, 3.63) is 54.0 Å². The molecule has 1 N–H and O–H groups in total. The Hall–Kier alpha value is -2.76. The summed E-state index contributed by atoms with van der Waals surface area (Å²) >= 11 is 0. The minimum Gasteiger partial charge on any atom is -0.462 e. The van der Waals surface area contributed by atoms with Gasteiger partial charge < -0.3 is 10.1 Å². The Labute approximate surface area is 115 Å². The summed E-state index contributed by atoms with van der Waals surface area (Å²) in [5.41, 5.74) is 0.749. The van der Waals surface area contributed by atoms with E-state index < -0.39 is 5.97 Å². The lowest BCUT2D eigenvalue weighted by atomic mass is 10.2. The summed E-state index contributed by atoms with van der Waals surface area (Å²) in [5, 5.41) is 2.60. The monoisotopic (exact) mass is 271 g/mol. The van der Waals surface area contributed by atoms with Gasteiger partial charge in [-0.05, 0) is 31.2 Å². The summed E-state index contributed by atoms with van der Waals surface area (Å²) in [5.74, 6) is -0.511. The van der Waals surface area contributed by atoms with Gasteiger partial charge in [-0.2, -0.15) is 0 Å². The van der Waals surface area contributed by atoms with Crippen molar-refractivity contribution in [2.75, 3.05) is 11.9 Å². The van der Waals surface area contributed by atoms with Gasteiger partial charge in [-0.1, -0.05) is 0 Å². The third-order valence-electron chi connectivity index (χ3n) is 2.44. The molecule has 0 aliphatic rings. The van der Waals surface area contributed by atoms with E-state index in [1.54, 1.807) is 25.3 Å². The van der Waals surface area contributed by atoms with Gasteiger partial charge in [0.2, 0.25) is 0 Å². The molecule has 0 fully saturated rings. The summed E-state index contributed by atoms with van der Waals surface area (Å²) < 4.78 is 4.88. The third-order valence-corrected chi connectivity index (χ3v) is 2.44. The Balaban J connectivity index is 2.12. The Morgan fingerprint density at radius 2 is 2.10 bits per heavy atom. The zero-order valence-corrected chi connectivity index (χ0v) is 10.9. The van der Waals surface area contributed by atoms with Crippen LogP contribution in [0.25, 0.3) is 0 Å². The molecule has 0 atom stereocenters. The van der Waals surface area contributed by atoms with Crippen LogP contribution < -0.4 is 5.32 Å². The van der Waals surface area contributed by atoms with Crippen molar-refractivity contribution in [1.29, 1.82) is 0 Å². The van der Waals surface area contributed by atoms with E-state index >= 15 is 0 Å². The second-order valence-electron chi connectivity index (χ2n) is 3.85. The Morgan fingerprint density at radius 1 is 1.25 bits per heavy atom. The molecule has 0 spiro atoms. The Bertz CT molecular complexity index is 614. The largest absolute Gasteiger partial charge is 0.462 e. The Kier molecular flexibility index (Phi) is 4.39. The number of pyridine rings is 2. The Morgan fingerprint density at radius 3 is 2.80 bits per heavy atom. The van der Waals surface area contributed by atoms with Gasteiger partial charge in [-0.3, -0.25) is 9.78 Å². The highest BCUT2D eigenvalue weighted by Crippen LogP contribution is 2.10. The summed E-state index contributed by atoms with van der Waals surface area (Å²) in [7, 11) is 0. The molecule has 0 aliphatic heterocycles. The van der Waals surface area contributed by atoms with Gasteiger partial charge in [0.05, 0.1) is 17.7 Å². The fourth-order valence-electron chi connectivity index (χ4n) is 1.53. The van der Waals surface area contributed by atoms with Crippen LogP contribution in [0.5, 0.6) is 0 Å². The van der Waals surface area contributed by atoms with E-state index in [4.69, 9.17) is 4.74 Å². The molecular weight excluding hydrogens is 258 g/mol. The number of amides is 1. The van der Waals surface area contributed by atoms with Crippen molar-refractivity contribution in [2.45, 2.75) is 6.92 Å². The lowest BCUT2D eigenvalue weighted by Gasteiger charge is -2.06. The maximum absolute atomic E-state index is 11.9. The van der Waals surface area contributed by atoms with E-state index in [0.29, 0.717) is 17.7 Å². The van der Waals surface area contributed by atoms with E-state index in [9.17, 15) is 9.59 Å². The topological polar surface area (TPSA) is 81.2 Å². The van der Waals surface area contributed by atoms with Gasteiger partial charge in [0.15, 0.2) is 0 Å². The minimum atomic E-state index is -0.452. The summed E-state index contributed by atoms with van der Waals surface area (Å²) in [4.78, 5) is 31.3. The number of ether oxygens (including phenoxy) is 1. The average Bonchev–Trinajstić information content (AvgIpc) is 2.48. The zero-order valence-electron chi connectivity index (χ0n) is 10.9. The van der Waals surface area contributed by atoms with Crippen LogP contribution in [0.2, 0.25) is 0 Å². The fourth-order valence-corrected chi connectivity index (χ4v) is 1.53. The van der Waals surface area contributed by atoms with Crippen LogP contribution >= 0.6 is 0 Å². The summed E-state index contributed by atoms with van der Waals surface area (Å²) in [6.07, 6.45) is 4.46. The molecule has 102 valence electrons. The number of nitrogens with one attached hydrogen (secondary N) is 1.